The molecule has 0 bridgehead atoms. The van der Waals surface area contributed by atoms with Crippen LogP contribution >= 0.6 is 0 Å². The fraction of sp³-hybridized carbons (Fsp3) is 0.125. The Morgan fingerprint density at radius 1 is 1.39 bits per heavy atom. The fourth-order valence-corrected chi connectivity index (χ4v) is 1.95. The molecule has 9 nitrogen and oxygen atoms in total. The van der Waals surface area contributed by atoms with Crippen LogP contribution in [0.25, 0.3) is 5.69 Å². The van der Waals surface area contributed by atoms with Crippen LogP contribution < -0.4 is 0 Å². The molecule has 1 aromatic carbocycles. The number of nitro benzene ring substituents is 1. The summed E-state index contributed by atoms with van der Waals surface area (Å²) in [5.74, 6) is 0. The maximum atomic E-state index is 11.4. The molecule has 18 heavy (non-hydrogen) atoms. The average molecular weight is 269 g/mol. The number of nitrogens with zero attached hydrogens (tertiary/aromatic N) is 5. The molecule has 0 aliphatic heterocycles. The van der Waals surface area contributed by atoms with Crippen LogP contribution in [0, 0.1) is 10.1 Å². The van der Waals surface area contributed by atoms with Gasteiger partial charge in [0, 0.05) is 18.4 Å². The smallest absolute Gasteiger partial charge is 0.258 e. The molecular weight excluding hydrogens is 262 g/mol. The molecule has 0 atom stereocenters. The Labute approximate surface area is 101 Å². The first-order chi connectivity index (χ1) is 8.39. The predicted octanol–water partition coefficient (Wildman–Crippen LogP) is -0.0260. The van der Waals surface area contributed by atoms with E-state index in [4.69, 9.17) is 0 Å². The summed E-state index contributed by atoms with van der Waals surface area (Å²) in [4.78, 5) is 10.0. The second-order valence-corrected chi connectivity index (χ2v) is 5.33. The Balaban J connectivity index is 2.60. The van der Waals surface area contributed by atoms with E-state index in [1.165, 1.54) is 24.3 Å². The Kier molecular flexibility index (Phi) is 2.79. The lowest BCUT2D eigenvalue weighted by Crippen LogP contribution is -2.09. The summed E-state index contributed by atoms with van der Waals surface area (Å²) in [6.45, 7) is 0. The molecule has 2 rings (SSSR count). The Morgan fingerprint density at radius 2 is 2.11 bits per heavy atom. The van der Waals surface area contributed by atoms with Gasteiger partial charge in [-0.2, -0.15) is 4.68 Å². The van der Waals surface area contributed by atoms with Crippen molar-refractivity contribution < 1.29 is 13.3 Å². The van der Waals surface area contributed by atoms with Crippen molar-refractivity contribution in [2.45, 2.75) is 5.16 Å². The summed E-state index contributed by atoms with van der Waals surface area (Å²) in [5, 5.41) is 20.4. The van der Waals surface area contributed by atoms with Gasteiger partial charge in [-0.05, 0) is 16.5 Å². The first kappa shape index (κ1) is 12.1. The van der Waals surface area contributed by atoms with Crippen LogP contribution in [0.3, 0.4) is 0 Å². The SMILES string of the molecule is CS(=O)(=O)c1nnnn1-c1cccc([N+](=O)[O-])c1. The molecule has 0 N–H and O–H groups in total. The highest BCUT2D eigenvalue weighted by Crippen LogP contribution is 2.17. The van der Waals surface area contributed by atoms with Gasteiger partial charge in [-0.1, -0.05) is 11.2 Å². The van der Waals surface area contributed by atoms with Crippen molar-refractivity contribution in [2.24, 2.45) is 0 Å². The quantitative estimate of drug-likeness (QED) is 0.566. The molecule has 10 heteroatoms. The topological polar surface area (TPSA) is 121 Å². The fourth-order valence-electron chi connectivity index (χ4n) is 1.31. The average Bonchev–Trinajstić information content (AvgIpc) is 2.77. The highest BCUT2D eigenvalue weighted by molar-refractivity contribution is 7.90. The minimum absolute atomic E-state index is 0.178. The monoisotopic (exact) mass is 269 g/mol. The van der Waals surface area contributed by atoms with Gasteiger partial charge < -0.3 is 0 Å². The van der Waals surface area contributed by atoms with Crippen molar-refractivity contribution in [1.82, 2.24) is 20.2 Å². The molecule has 0 fully saturated rings. The number of benzene rings is 1. The molecule has 0 aliphatic carbocycles. The van der Waals surface area contributed by atoms with Crippen molar-refractivity contribution in [3.8, 4) is 5.69 Å². The van der Waals surface area contributed by atoms with Crippen molar-refractivity contribution in [1.29, 1.82) is 0 Å². The lowest BCUT2D eigenvalue weighted by molar-refractivity contribution is -0.384. The van der Waals surface area contributed by atoms with Crippen LogP contribution in [0.2, 0.25) is 0 Å². The summed E-state index contributed by atoms with van der Waals surface area (Å²) in [7, 11) is -3.61. The van der Waals surface area contributed by atoms with E-state index in [0.717, 1.165) is 10.9 Å². The van der Waals surface area contributed by atoms with Crippen LogP contribution in [0.15, 0.2) is 29.4 Å². The molecule has 0 amide bonds. The van der Waals surface area contributed by atoms with E-state index in [1.54, 1.807) is 0 Å². The Bertz CT molecular complexity index is 708. The van der Waals surface area contributed by atoms with Crippen molar-refractivity contribution in [3.63, 3.8) is 0 Å². The molecule has 0 aliphatic rings. The molecule has 2 aromatic rings. The number of non-ortho nitro benzene ring substituents is 1. The number of aromatic nitrogens is 4. The Hall–Kier alpha value is -2.36. The van der Waals surface area contributed by atoms with Crippen molar-refractivity contribution >= 4 is 15.5 Å². The van der Waals surface area contributed by atoms with Crippen LogP contribution in [-0.4, -0.2) is 39.8 Å². The van der Waals surface area contributed by atoms with Gasteiger partial charge in [0.15, 0.2) is 0 Å². The van der Waals surface area contributed by atoms with Gasteiger partial charge in [0.05, 0.1) is 10.6 Å². The summed E-state index contributed by atoms with van der Waals surface area (Å²) in [6.07, 6.45) is 0.951. The second-order valence-electron chi connectivity index (χ2n) is 3.42. The first-order valence-electron chi connectivity index (χ1n) is 4.63. The number of hydrogen-bond acceptors (Lipinski definition) is 7. The summed E-state index contributed by atoms with van der Waals surface area (Å²) < 4.78 is 23.8. The standard InChI is InChI=1S/C8H7N5O4S/c1-18(16,17)8-9-10-11-12(8)6-3-2-4-7(5-6)13(14)15/h2-5H,1H3. The Morgan fingerprint density at radius 3 is 2.72 bits per heavy atom. The number of nitro groups is 1. The number of sulfone groups is 1. The van der Waals surface area contributed by atoms with Gasteiger partial charge in [-0.25, -0.2) is 8.42 Å². The molecule has 0 spiro atoms. The van der Waals surface area contributed by atoms with E-state index in [0.29, 0.717) is 0 Å². The largest absolute Gasteiger partial charge is 0.272 e. The van der Waals surface area contributed by atoms with Gasteiger partial charge in [-0.3, -0.25) is 10.1 Å². The van der Waals surface area contributed by atoms with E-state index in [-0.39, 0.29) is 16.5 Å². The summed E-state index contributed by atoms with van der Waals surface area (Å²) in [6, 6.07) is 5.36. The van der Waals surface area contributed by atoms with E-state index < -0.39 is 14.8 Å². The zero-order valence-electron chi connectivity index (χ0n) is 9.09. The molecule has 1 heterocycles. The summed E-state index contributed by atoms with van der Waals surface area (Å²) >= 11 is 0. The number of rotatable bonds is 3. The third-order valence-corrected chi connectivity index (χ3v) is 2.98. The maximum absolute atomic E-state index is 11.4. The molecule has 1 aromatic heterocycles. The van der Waals surface area contributed by atoms with Gasteiger partial charge in [0.1, 0.15) is 0 Å². The van der Waals surface area contributed by atoms with Crippen LogP contribution in [0.1, 0.15) is 0 Å². The van der Waals surface area contributed by atoms with Crippen LogP contribution in [0.4, 0.5) is 5.69 Å². The first-order valence-corrected chi connectivity index (χ1v) is 6.52. The second kappa shape index (κ2) is 4.14. The van der Waals surface area contributed by atoms with E-state index in [1.807, 2.05) is 0 Å². The van der Waals surface area contributed by atoms with Gasteiger partial charge >= 0.3 is 0 Å². The third kappa shape index (κ3) is 2.18. The van der Waals surface area contributed by atoms with Crippen molar-refractivity contribution in [3.05, 3.63) is 34.4 Å². The zero-order chi connectivity index (χ0) is 13.3. The molecule has 94 valence electrons. The minimum atomic E-state index is -3.61. The van der Waals surface area contributed by atoms with Crippen LogP contribution in [0.5, 0.6) is 0 Å². The molecule has 0 saturated carbocycles. The molecule has 0 unspecified atom stereocenters. The molecule has 0 radical (unpaired) electrons. The normalized spacial score (nSPS) is 11.4. The van der Waals surface area contributed by atoms with Gasteiger partial charge in [0.2, 0.25) is 9.84 Å². The number of tetrazole rings is 1. The highest BCUT2D eigenvalue weighted by Gasteiger charge is 2.19. The van der Waals surface area contributed by atoms with Gasteiger partial charge in [-0.15, -0.1) is 0 Å². The maximum Gasteiger partial charge on any atom is 0.272 e. The van der Waals surface area contributed by atoms with Gasteiger partial charge in [0.25, 0.3) is 10.8 Å². The zero-order valence-corrected chi connectivity index (χ0v) is 9.90. The lowest BCUT2D eigenvalue weighted by Gasteiger charge is -2.02. The van der Waals surface area contributed by atoms with E-state index in [2.05, 4.69) is 15.5 Å². The molecular formula is C8H7N5O4S. The lowest BCUT2D eigenvalue weighted by atomic mass is 10.3. The minimum Gasteiger partial charge on any atom is -0.258 e. The highest BCUT2D eigenvalue weighted by atomic mass is 32.2. The van der Waals surface area contributed by atoms with Crippen molar-refractivity contribution in [2.75, 3.05) is 6.26 Å². The van der Waals surface area contributed by atoms with E-state index >= 15 is 0 Å². The molecule has 0 saturated heterocycles. The number of hydrogen-bond donors (Lipinski definition) is 0. The summed E-state index contributed by atoms with van der Waals surface area (Å²) in [5.41, 5.74) is 0.0251. The third-order valence-electron chi connectivity index (χ3n) is 2.06. The predicted molar refractivity (Wildman–Crippen MR) is 58.9 cm³/mol. The van der Waals surface area contributed by atoms with Crippen LogP contribution in [-0.2, 0) is 9.84 Å². The van der Waals surface area contributed by atoms with E-state index in [9.17, 15) is 18.5 Å².